The summed E-state index contributed by atoms with van der Waals surface area (Å²) in [6.45, 7) is 3.18. The van der Waals surface area contributed by atoms with Gasteiger partial charge in [-0.1, -0.05) is 56.5 Å². The van der Waals surface area contributed by atoms with Crippen molar-refractivity contribution in [1.29, 1.82) is 0 Å². The molecule has 0 saturated carbocycles. The summed E-state index contributed by atoms with van der Waals surface area (Å²) in [7, 11) is 0. The second-order valence-corrected chi connectivity index (χ2v) is 5.09. The molecule has 2 rings (SSSR count). The highest BCUT2D eigenvalue weighted by molar-refractivity contribution is 5.72. The first-order valence-electron chi connectivity index (χ1n) is 7.43. The van der Waals surface area contributed by atoms with Crippen LogP contribution in [-0.2, 0) is 0 Å². The number of hydrogen-bond donors (Lipinski definition) is 2. The third kappa shape index (κ3) is 4.02. The zero-order valence-electron chi connectivity index (χ0n) is 12.1. The van der Waals surface area contributed by atoms with Crippen molar-refractivity contribution in [2.45, 2.75) is 32.6 Å². The fourth-order valence-corrected chi connectivity index (χ4v) is 2.29. The summed E-state index contributed by atoms with van der Waals surface area (Å²) in [6, 6.07) is 15.8. The maximum atomic E-state index is 10.1. The summed E-state index contributed by atoms with van der Waals surface area (Å²) in [6.07, 6.45) is 4.99. The first-order valence-corrected chi connectivity index (χ1v) is 7.43. The zero-order valence-corrected chi connectivity index (χ0v) is 12.1. The van der Waals surface area contributed by atoms with E-state index in [-0.39, 0.29) is 0 Å². The average Bonchev–Trinajstić information content (AvgIpc) is 2.48. The number of benzene rings is 2. The number of aromatic hydroxyl groups is 1. The van der Waals surface area contributed by atoms with E-state index in [4.69, 9.17) is 0 Å². The van der Waals surface area contributed by atoms with Crippen LogP contribution in [0.4, 0.5) is 5.69 Å². The normalized spacial score (nSPS) is 10.4. The quantitative estimate of drug-likeness (QED) is 0.689. The molecule has 0 heterocycles. The van der Waals surface area contributed by atoms with Crippen LogP contribution in [0.5, 0.6) is 5.75 Å². The summed E-state index contributed by atoms with van der Waals surface area (Å²) in [5.41, 5.74) is 2.90. The van der Waals surface area contributed by atoms with Crippen LogP contribution in [-0.4, -0.2) is 11.7 Å². The fraction of sp³-hybridized carbons (Fsp3) is 0.333. The van der Waals surface area contributed by atoms with Gasteiger partial charge in [-0.05, 0) is 24.1 Å². The molecule has 2 aromatic rings. The molecule has 0 spiro atoms. The van der Waals surface area contributed by atoms with Gasteiger partial charge in [0.25, 0.3) is 0 Å². The van der Waals surface area contributed by atoms with E-state index >= 15 is 0 Å². The van der Waals surface area contributed by atoms with E-state index in [1.165, 1.54) is 25.7 Å². The Morgan fingerprint density at radius 3 is 2.45 bits per heavy atom. The molecule has 0 radical (unpaired) electrons. The van der Waals surface area contributed by atoms with Gasteiger partial charge in [-0.2, -0.15) is 0 Å². The second-order valence-electron chi connectivity index (χ2n) is 5.09. The minimum atomic E-state index is 0.328. The molecular weight excluding hydrogens is 246 g/mol. The lowest BCUT2D eigenvalue weighted by Crippen LogP contribution is -2.01. The molecule has 20 heavy (non-hydrogen) atoms. The third-order valence-corrected chi connectivity index (χ3v) is 3.44. The van der Waals surface area contributed by atoms with Crippen molar-refractivity contribution in [3.8, 4) is 16.9 Å². The summed E-state index contributed by atoms with van der Waals surface area (Å²) in [5.74, 6) is 0.328. The molecule has 0 aliphatic carbocycles. The van der Waals surface area contributed by atoms with Crippen LogP contribution in [0, 0.1) is 0 Å². The molecule has 2 N–H and O–H groups in total. The van der Waals surface area contributed by atoms with Crippen molar-refractivity contribution >= 4 is 5.69 Å². The van der Waals surface area contributed by atoms with E-state index in [0.29, 0.717) is 5.75 Å². The van der Waals surface area contributed by atoms with Crippen LogP contribution in [0.3, 0.4) is 0 Å². The Balaban J connectivity index is 1.96. The van der Waals surface area contributed by atoms with Crippen molar-refractivity contribution in [1.82, 2.24) is 0 Å². The molecule has 0 amide bonds. The highest BCUT2D eigenvalue weighted by atomic mass is 16.3. The average molecular weight is 269 g/mol. The highest BCUT2D eigenvalue weighted by Crippen LogP contribution is 2.31. The van der Waals surface area contributed by atoms with Crippen molar-refractivity contribution in [2.75, 3.05) is 11.9 Å². The van der Waals surface area contributed by atoms with Crippen molar-refractivity contribution in [3.63, 3.8) is 0 Å². The van der Waals surface area contributed by atoms with Crippen LogP contribution in [0.25, 0.3) is 11.1 Å². The Morgan fingerprint density at radius 2 is 1.75 bits per heavy atom. The summed E-state index contributed by atoms with van der Waals surface area (Å²) >= 11 is 0. The Hall–Kier alpha value is -1.96. The molecule has 0 aromatic heterocycles. The zero-order chi connectivity index (χ0) is 14.2. The van der Waals surface area contributed by atoms with Crippen LogP contribution in [0.15, 0.2) is 48.5 Å². The van der Waals surface area contributed by atoms with Gasteiger partial charge in [-0.3, -0.25) is 0 Å². The van der Waals surface area contributed by atoms with Crippen LogP contribution in [0.1, 0.15) is 32.6 Å². The van der Waals surface area contributed by atoms with E-state index in [1.807, 2.05) is 48.5 Å². The van der Waals surface area contributed by atoms with Gasteiger partial charge in [0, 0.05) is 23.9 Å². The minimum absolute atomic E-state index is 0.328. The topological polar surface area (TPSA) is 32.3 Å². The van der Waals surface area contributed by atoms with Crippen LogP contribution in [0.2, 0.25) is 0 Å². The van der Waals surface area contributed by atoms with Crippen molar-refractivity contribution in [2.24, 2.45) is 0 Å². The van der Waals surface area contributed by atoms with E-state index in [0.717, 1.165) is 23.4 Å². The van der Waals surface area contributed by atoms with Gasteiger partial charge >= 0.3 is 0 Å². The number of hydrogen-bond acceptors (Lipinski definition) is 2. The molecule has 0 saturated heterocycles. The van der Waals surface area contributed by atoms with Gasteiger partial charge in [0.2, 0.25) is 0 Å². The lowest BCUT2D eigenvalue weighted by atomic mass is 10.0. The number of rotatable bonds is 7. The van der Waals surface area contributed by atoms with Gasteiger partial charge in [-0.15, -0.1) is 0 Å². The molecule has 0 aliphatic heterocycles. The Bertz CT molecular complexity index is 522. The number of anilines is 1. The van der Waals surface area contributed by atoms with Gasteiger partial charge in [0.1, 0.15) is 5.75 Å². The monoisotopic (exact) mass is 269 g/mol. The molecule has 0 fully saturated rings. The standard InChI is InChI=1S/C18H23NO/c1-2-3-4-8-13-19-16-11-12-17(18(20)14-16)15-9-6-5-7-10-15/h5-7,9-12,14,19-20H,2-4,8,13H2,1H3. The Labute approximate surface area is 121 Å². The van der Waals surface area contributed by atoms with Crippen LogP contribution >= 0.6 is 0 Å². The summed E-state index contributed by atoms with van der Waals surface area (Å²) < 4.78 is 0. The third-order valence-electron chi connectivity index (χ3n) is 3.44. The van der Waals surface area contributed by atoms with Crippen molar-refractivity contribution < 1.29 is 5.11 Å². The maximum absolute atomic E-state index is 10.1. The highest BCUT2D eigenvalue weighted by Gasteiger charge is 2.04. The summed E-state index contributed by atoms with van der Waals surface area (Å²) in [4.78, 5) is 0. The lowest BCUT2D eigenvalue weighted by Gasteiger charge is -2.10. The predicted octanol–water partition coefficient (Wildman–Crippen LogP) is 5.05. The molecule has 0 aliphatic rings. The number of phenols is 1. The molecule has 2 heteroatoms. The number of unbranched alkanes of at least 4 members (excludes halogenated alkanes) is 3. The molecule has 2 nitrogen and oxygen atoms in total. The lowest BCUT2D eigenvalue weighted by molar-refractivity contribution is 0.477. The van der Waals surface area contributed by atoms with E-state index in [2.05, 4.69) is 12.2 Å². The van der Waals surface area contributed by atoms with Gasteiger partial charge in [0.15, 0.2) is 0 Å². The Morgan fingerprint density at radius 1 is 0.950 bits per heavy atom. The first kappa shape index (κ1) is 14.4. The van der Waals surface area contributed by atoms with E-state index in [9.17, 15) is 5.11 Å². The fourth-order valence-electron chi connectivity index (χ4n) is 2.29. The minimum Gasteiger partial charge on any atom is -0.507 e. The van der Waals surface area contributed by atoms with Gasteiger partial charge < -0.3 is 10.4 Å². The predicted molar refractivity (Wildman–Crippen MR) is 86.2 cm³/mol. The molecule has 0 bridgehead atoms. The van der Waals surface area contributed by atoms with Crippen molar-refractivity contribution in [3.05, 3.63) is 48.5 Å². The maximum Gasteiger partial charge on any atom is 0.125 e. The van der Waals surface area contributed by atoms with Gasteiger partial charge in [-0.25, -0.2) is 0 Å². The second kappa shape index (κ2) is 7.59. The molecule has 0 unspecified atom stereocenters. The number of phenolic OH excluding ortho intramolecular Hbond substituents is 1. The van der Waals surface area contributed by atoms with Gasteiger partial charge in [0.05, 0.1) is 0 Å². The largest absolute Gasteiger partial charge is 0.507 e. The first-order chi connectivity index (χ1) is 9.81. The molecular formula is C18H23NO. The Kier molecular flexibility index (Phi) is 5.48. The summed E-state index contributed by atoms with van der Waals surface area (Å²) in [5, 5.41) is 13.5. The molecule has 0 atom stereocenters. The SMILES string of the molecule is CCCCCCNc1ccc(-c2ccccc2)c(O)c1. The van der Waals surface area contributed by atoms with E-state index < -0.39 is 0 Å². The van der Waals surface area contributed by atoms with E-state index in [1.54, 1.807) is 0 Å². The number of nitrogens with one attached hydrogen (secondary N) is 1. The smallest absolute Gasteiger partial charge is 0.125 e. The molecule has 106 valence electrons. The molecule has 2 aromatic carbocycles. The van der Waals surface area contributed by atoms with Crippen LogP contribution < -0.4 is 5.32 Å².